The Morgan fingerprint density at radius 3 is 2.67 bits per heavy atom. The van der Waals surface area contributed by atoms with Gasteiger partial charge in [-0.2, -0.15) is 4.98 Å². The van der Waals surface area contributed by atoms with E-state index in [1.807, 2.05) is 25.7 Å². The second kappa shape index (κ2) is 7.10. The highest BCUT2D eigenvalue weighted by molar-refractivity contribution is 5.71. The fourth-order valence-corrected chi connectivity index (χ4v) is 1.47. The minimum Gasteiger partial charge on any atom is -0.465 e. The van der Waals surface area contributed by atoms with Crippen LogP contribution in [0.15, 0.2) is 4.52 Å². The van der Waals surface area contributed by atoms with E-state index in [1.165, 1.54) is 0 Å². The molecule has 1 rings (SSSR count). The molecule has 6 heteroatoms. The van der Waals surface area contributed by atoms with Crippen molar-refractivity contribution >= 4 is 5.97 Å². The number of esters is 1. The van der Waals surface area contributed by atoms with Gasteiger partial charge in [-0.15, -0.1) is 0 Å². The number of nitrogens with zero attached hydrogens (tertiary/aromatic N) is 3. The van der Waals surface area contributed by atoms with Crippen LogP contribution in [0, 0.1) is 0 Å². The second-order valence-corrected chi connectivity index (χ2v) is 4.26. The molecule has 0 aromatic carbocycles. The van der Waals surface area contributed by atoms with Crippen molar-refractivity contribution in [1.82, 2.24) is 15.0 Å². The van der Waals surface area contributed by atoms with Crippen LogP contribution in [0.4, 0.5) is 0 Å². The van der Waals surface area contributed by atoms with Crippen LogP contribution in [0.3, 0.4) is 0 Å². The lowest BCUT2D eigenvalue weighted by Gasteiger charge is -2.23. The van der Waals surface area contributed by atoms with E-state index in [1.54, 1.807) is 6.92 Å². The topological polar surface area (TPSA) is 68.5 Å². The Morgan fingerprint density at radius 2 is 2.17 bits per heavy atom. The molecule has 18 heavy (non-hydrogen) atoms. The number of carbonyl (C=O) groups excluding carboxylic acids is 1. The van der Waals surface area contributed by atoms with E-state index in [9.17, 15) is 4.79 Å². The summed E-state index contributed by atoms with van der Waals surface area (Å²) >= 11 is 0. The monoisotopic (exact) mass is 255 g/mol. The lowest BCUT2D eigenvalue weighted by atomic mass is 10.3. The number of hydrogen-bond acceptors (Lipinski definition) is 6. The molecule has 0 N–H and O–H groups in total. The van der Waals surface area contributed by atoms with E-state index in [-0.39, 0.29) is 18.6 Å². The molecular weight excluding hydrogens is 234 g/mol. The third-order valence-corrected chi connectivity index (χ3v) is 2.53. The Balaban J connectivity index is 2.59. The maximum absolute atomic E-state index is 11.5. The third kappa shape index (κ3) is 4.44. The molecule has 0 radical (unpaired) electrons. The van der Waals surface area contributed by atoms with E-state index in [4.69, 9.17) is 9.26 Å². The SMILES string of the molecule is CCOC(=O)CN(Cc1nc(CC)no1)C(C)C. The van der Waals surface area contributed by atoms with Gasteiger partial charge < -0.3 is 9.26 Å². The van der Waals surface area contributed by atoms with Gasteiger partial charge in [-0.05, 0) is 20.8 Å². The highest BCUT2D eigenvalue weighted by Gasteiger charge is 2.18. The normalized spacial score (nSPS) is 11.2. The number of ether oxygens (including phenoxy) is 1. The summed E-state index contributed by atoms with van der Waals surface area (Å²) in [7, 11) is 0. The van der Waals surface area contributed by atoms with Gasteiger partial charge in [0, 0.05) is 12.5 Å². The summed E-state index contributed by atoms with van der Waals surface area (Å²) in [4.78, 5) is 17.6. The van der Waals surface area contributed by atoms with Crippen molar-refractivity contribution in [3.8, 4) is 0 Å². The molecule has 0 aliphatic rings. The van der Waals surface area contributed by atoms with E-state index in [2.05, 4.69) is 10.1 Å². The van der Waals surface area contributed by atoms with Crippen LogP contribution in [0.1, 0.15) is 39.4 Å². The average Bonchev–Trinajstić information content (AvgIpc) is 2.76. The standard InChI is InChI=1S/C12H21N3O3/c1-5-10-13-11(18-14-10)7-15(9(3)4)8-12(16)17-6-2/h9H,5-8H2,1-4H3. The molecular formula is C12H21N3O3. The van der Waals surface area contributed by atoms with Crippen molar-refractivity contribution in [2.75, 3.05) is 13.2 Å². The molecule has 0 spiro atoms. The van der Waals surface area contributed by atoms with Crippen LogP contribution in [0.25, 0.3) is 0 Å². The zero-order valence-electron chi connectivity index (χ0n) is 11.5. The van der Waals surface area contributed by atoms with E-state index >= 15 is 0 Å². The summed E-state index contributed by atoms with van der Waals surface area (Å²) in [5, 5.41) is 3.83. The lowest BCUT2D eigenvalue weighted by Crippen LogP contribution is -2.36. The van der Waals surface area contributed by atoms with Crippen molar-refractivity contribution in [2.24, 2.45) is 0 Å². The quantitative estimate of drug-likeness (QED) is 0.686. The zero-order valence-corrected chi connectivity index (χ0v) is 11.5. The molecule has 6 nitrogen and oxygen atoms in total. The number of hydrogen-bond donors (Lipinski definition) is 0. The summed E-state index contributed by atoms with van der Waals surface area (Å²) < 4.78 is 10.1. The Bertz CT molecular complexity index is 376. The van der Waals surface area contributed by atoms with Crippen molar-refractivity contribution in [2.45, 2.75) is 46.7 Å². The maximum Gasteiger partial charge on any atom is 0.320 e. The summed E-state index contributed by atoms with van der Waals surface area (Å²) in [6, 6.07) is 0.200. The van der Waals surface area contributed by atoms with E-state index < -0.39 is 0 Å². The number of aryl methyl sites for hydroxylation is 1. The Kier molecular flexibility index (Phi) is 5.77. The second-order valence-electron chi connectivity index (χ2n) is 4.26. The predicted molar refractivity (Wildman–Crippen MR) is 65.9 cm³/mol. The van der Waals surface area contributed by atoms with Crippen LogP contribution in [0.5, 0.6) is 0 Å². The average molecular weight is 255 g/mol. The summed E-state index contributed by atoms with van der Waals surface area (Å²) in [5.74, 6) is 0.983. The molecule has 0 aliphatic heterocycles. The lowest BCUT2D eigenvalue weighted by molar-refractivity contribution is -0.145. The van der Waals surface area contributed by atoms with Crippen LogP contribution in [-0.4, -0.2) is 40.2 Å². The third-order valence-electron chi connectivity index (χ3n) is 2.53. The Morgan fingerprint density at radius 1 is 1.44 bits per heavy atom. The zero-order chi connectivity index (χ0) is 13.5. The van der Waals surface area contributed by atoms with Gasteiger partial charge >= 0.3 is 5.97 Å². The summed E-state index contributed by atoms with van der Waals surface area (Å²) in [6.45, 7) is 8.87. The fraction of sp³-hybridized carbons (Fsp3) is 0.750. The highest BCUT2D eigenvalue weighted by atomic mass is 16.5. The highest BCUT2D eigenvalue weighted by Crippen LogP contribution is 2.07. The molecule has 0 bridgehead atoms. The van der Waals surface area contributed by atoms with Crippen molar-refractivity contribution < 1.29 is 14.1 Å². The minimum atomic E-state index is -0.235. The van der Waals surface area contributed by atoms with Crippen LogP contribution in [0.2, 0.25) is 0 Å². The first kappa shape index (κ1) is 14.6. The molecule has 0 unspecified atom stereocenters. The largest absolute Gasteiger partial charge is 0.465 e. The molecule has 0 aliphatic carbocycles. The van der Waals surface area contributed by atoms with E-state index in [0.29, 0.717) is 24.9 Å². The molecule has 0 saturated carbocycles. The molecule has 0 fully saturated rings. The smallest absolute Gasteiger partial charge is 0.320 e. The van der Waals surface area contributed by atoms with Gasteiger partial charge in [0.1, 0.15) is 0 Å². The maximum atomic E-state index is 11.5. The van der Waals surface area contributed by atoms with Gasteiger partial charge in [-0.1, -0.05) is 12.1 Å². The number of aromatic nitrogens is 2. The fourth-order valence-electron chi connectivity index (χ4n) is 1.47. The summed E-state index contributed by atoms with van der Waals surface area (Å²) in [5.41, 5.74) is 0. The number of carbonyl (C=O) groups is 1. The van der Waals surface area contributed by atoms with Crippen LogP contribution < -0.4 is 0 Å². The first-order chi connectivity index (χ1) is 8.56. The van der Waals surface area contributed by atoms with Gasteiger partial charge in [-0.3, -0.25) is 9.69 Å². The van der Waals surface area contributed by atoms with Gasteiger partial charge in [0.05, 0.1) is 19.7 Å². The summed E-state index contributed by atoms with van der Waals surface area (Å²) in [6.07, 6.45) is 0.739. The minimum absolute atomic E-state index is 0.200. The van der Waals surface area contributed by atoms with Gasteiger partial charge in [0.15, 0.2) is 5.82 Å². The van der Waals surface area contributed by atoms with Crippen molar-refractivity contribution in [1.29, 1.82) is 0 Å². The van der Waals surface area contributed by atoms with Crippen LogP contribution in [-0.2, 0) is 22.5 Å². The first-order valence-corrected chi connectivity index (χ1v) is 6.27. The molecule has 0 atom stereocenters. The molecule has 1 aromatic rings. The van der Waals surface area contributed by atoms with Crippen molar-refractivity contribution in [3.05, 3.63) is 11.7 Å². The molecule has 1 aromatic heterocycles. The molecule has 1 heterocycles. The molecule has 0 amide bonds. The van der Waals surface area contributed by atoms with Crippen molar-refractivity contribution in [3.63, 3.8) is 0 Å². The van der Waals surface area contributed by atoms with Crippen LogP contribution >= 0.6 is 0 Å². The van der Waals surface area contributed by atoms with Gasteiger partial charge in [0.2, 0.25) is 5.89 Å². The molecule has 102 valence electrons. The Labute approximate surface area is 107 Å². The van der Waals surface area contributed by atoms with Gasteiger partial charge in [0.25, 0.3) is 0 Å². The molecule has 0 saturated heterocycles. The number of rotatable bonds is 7. The first-order valence-electron chi connectivity index (χ1n) is 6.27. The van der Waals surface area contributed by atoms with E-state index in [0.717, 1.165) is 6.42 Å². The Hall–Kier alpha value is -1.43. The van der Waals surface area contributed by atoms with Gasteiger partial charge in [-0.25, -0.2) is 0 Å². The predicted octanol–water partition coefficient (Wildman–Crippen LogP) is 1.41.